The SMILES string of the molecule is CN(C)/N=C(/CC(=O)C12CCC1C1C=CC2C1)c1ccccc1. The third-order valence-corrected chi connectivity index (χ3v) is 6.10. The molecule has 4 unspecified atom stereocenters. The number of nitrogens with zero attached hydrogens (tertiary/aromatic N) is 2. The van der Waals surface area contributed by atoms with Gasteiger partial charge in [0.15, 0.2) is 0 Å². The lowest BCUT2D eigenvalue weighted by atomic mass is 9.53. The molecule has 4 rings (SSSR count). The molecule has 3 heteroatoms. The summed E-state index contributed by atoms with van der Waals surface area (Å²) in [7, 11) is 3.83. The van der Waals surface area contributed by atoms with Crippen molar-refractivity contribution in [3.63, 3.8) is 0 Å². The van der Waals surface area contributed by atoms with Gasteiger partial charge >= 0.3 is 0 Å². The predicted molar refractivity (Wildman–Crippen MR) is 92.2 cm³/mol. The third-order valence-electron chi connectivity index (χ3n) is 6.10. The number of fused-ring (bicyclic) bond motifs is 5. The predicted octanol–water partition coefficient (Wildman–Crippen LogP) is 3.51. The van der Waals surface area contributed by atoms with Gasteiger partial charge < -0.3 is 5.01 Å². The zero-order valence-electron chi connectivity index (χ0n) is 13.9. The van der Waals surface area contributed by atoms with Crippen molar-refractivity contribution in [3.8, 4) is 0 Å². The van der Waals surface area contributed by atoms with Gasteiger partial charge in [-0.25, -0.2) is 0 Å². The Morgan fingerprint density at radius 3 is 2.65 bits per heavy atom. The van der Waals surface area contributed by atoms with Crippen molar-refractivity contribution in [2.45, 2.75) is 25.7 Å². The second-order valence-corrected chi connectivity index (χ2v) is 7.44. The highest BCUT2D eigenvalue weighted by Crippen LogP contribution is 2.67. The Kier molecular flexibility index (Phi) is 3.40. The molecule has 23 heavy (non-hydrogen) atoms. The standard InChI is InChI=1S/C20H24N2O/c1-22(2)21-18(14-6-4-3-5-7-14)13-19(23)20-11-10-17(20)15-8-9-16(20)12-15/h3-9,15-17H,10-13H2,1-2H3/b21-18-. The molecule has 2 bridgehead atoms. The molecule has 3 aliphatic rings. The first-order chi connectivity index (χ1) is 11.1. The van der Waals surface area contributed by atoms with Crippen LogP contribution in [0.15, 0.2) is 47.6 Å². The number of carbonyl (C=O) groups is 1. The minimum atomic E-state index is -0.0682. The first-order valence-corrected chi connectivity index (χ1v) is 8.63. The van der Waals surface area contributed by atoms with Crippen molar-refractivity contribution in [2.75, 3.05) is 14.1 Å². The summed E-state index contributed by atoms with van der Waals surface area (Å²) < 4.78 is 0. The molecule has 2 saturated carbocycles. The van der Waals surface area contributed by atoms with Crippen LogP contribution in [-0.2, 0) is 4.79 Å². The average molecular weight is 308 g/mol. The van der Waals surface area contributed by atoms with E-state index in [2.05, 4.69) is 17.3 Å². The number of Topliss-reactive ketones (excluding diaryl/α,β-unsaturated/α-hetero) is 1. The van der Waals surface area contributed by atoms with Gasteiger partial charge in [0.05, 0.1) is 12.1 Å². The molecule has 3 aliphatic carbocycles. The van der Waals surface area contributed by atoms with E-state index < -0.39 is 0 Å². The molecule has 4 atom stereocenters. The molecule has 120 valence electrons. The Labute approximate surface area is 138 Å². The average Bonchev–Trinajstić information content (AvgIpc) is 3.02. The number of hydrazone groups is 1. The summed E-state index contributed by atoms with van der Waals surface area (Å²) in [6, 6.07) is 10.1. The second kappa shape index (κ2) is 5.33. The smallest absolute Gasteiger partial charge is 0.145 e. The molecule has 0 N–H and O–H groups in total. The van der Waals surface area contributed by atoms with E-state index in [1.807, 2.05) is 44.4 Å². The van der Waals surface area contributed by atoms with Crippen LogP contribution in [0.25, 0.3) is 0 Å². The molecular weight excluding hydrogens is 284 g/mol. The summed E-state index contributed by atoms with van der Waals surface area (Å²) >= 11 is 0. The van der Waals surface area contributed by atoms with E-state index in [1.54, 1.807) is 5.01 Å². The van der Waals surface area contributed by atoms with Crippen LogP contribution < -0.4 is 0 Å². The van der Waals surface area contributed by atoms with Crippen molar-refractivity contribution in [1.29, 1.82) is 0 Å². The zero-order chi connectivity index (χ0) is 16.0. The second-order valence-electron chi connectivity index (χ2n) is 7.44. The Morgan fingerprint density at radius 1 is 1.26 bits per heavy atom. The number of benzene rings is 1. The van der Waals surface area contributed by atoms with Gasteiger partial charge in [-0.05, 0) is 42.6 Å². The first kappa shape index (κ1) is 14.7. The molecule has 0 aliphatic heterocycles. The maximum absolute atomic E-state index is 13.3. The Bertz CT molecular complexity index is 676. The van der Waals surface area contributed by atoms with Crippen LogP contribution in [0.3, 0.4) is 0 Å². The van der Waals surface area contributed by atoms with E-state index in [9.17, 15) is 4.79 Å². The van der Waals surface area contributed by atoms with Crippen LogP contribution >= 0.6 is 0 Å². The van der Waals surface area contributed by atoms with Gasteiger partial charge in [-0.15, -0.1) is 0 Å². The van der Waals surface area contributed by atoms with Crippen LogP contribution in [0.2, 0.25) is 0 Å². The molecule has 0 radical (unpaired) electrons. The molecule has 1 aromatic carbocycles. The van der Waals surface area contributed by atoms with Crippen molar-refractivity contribution >= 4 is 11.5 Å². The summed E-state index contributed by atoms with van der Waals surface area (Å²) in [6.45, 7) is 0. The Balaban J connectivity index is 1.61. The Hall–Kier alpha value is -1.90. The van der Waals surface area contributed by atoms with Gasteiger partial charge in [-0.3, -0.25) is 4.79 Å². The van der Waals surface area contributed by atoms with Crippen LogP contribution in [-0.4, -0.2) is 30.6 Å². The van der Waals surface area contributed by atoms with Gasteiger partial charge in [0.2, 0.25) is 0 Å². The minimum absolute atomic E-state index is 0.0682. The van der Waals surface area contributed by atoms with E-state index >= 15 is 0 Å². The van der Waals surface area contributed by atoms with E-state index in [4.69, 9.17) is 0 Å². The molecule has 0 spiro atoms. The lowest BCUT2D eigenvalue weighted by Gasteiger charge is -2.49. The molecule has 3 nitrogen and oxygen atoms in total. The Morgan fingerprint density at radius 2 is 2.04 bits per heavy atom. The normalized spacial score (nSPS) is 34.2. The van der Waals surface area contributed by atoms with E-state index in [0.717, 1.165) is 17.7 Å². The number of rotatable bonds is 5. The number of allylic oxidation sites excluding steroid dienone is 2. The summed E-state index contributed by atoms with van der Waals surface area (Å²) in [5.74, 6) is 2.15. The molecular formula is C20H24N2O. The van der Waals surface area contributed by atoms with Gasteiger partial charge in [-0.2, -0.15) is 5.10 Å². The highest BCUT2D eigenvalue weighted by Gasteiger charge is 2.64. The number of hydrogen-bond donors (Lipinski definition) is 0. The molecule has 2 fully saturated rings. The molecule has 0 aromatic heterocycles. The molecule has 0 heterocycles. The lowest BCUT2D eigenvalue weighted by molar-refractivity contribution is -0.139. The number of carbonyl (C=O) groups excluding carboxylic acids is 1. The fourth-order valence-corrected chi connectivity index (χ4v) is 5.02. The van der Waals surface area contributed by atoms with Crippen molar-refractivity contribution in [1.82, 2.24) is 5.01 Å². The number of hydrogen-bond acceptors (Lipinski definition) is 3. The van der Waals surface area contributed by atoms with Crippen LogP contribution in [0.1, 0.15) is 31.2 Å². The number of ketones is 1. The summed E-state index contributed by atoms with van der Waals surface area (Å²) in [5, 5.41) is 6.41. The van der Waals surface area contributed by atoms with Gasteiger partial charge in [0.1, 0.15) is 5.78 Å². The van der Waals surface area contributed by atoms with Crippen LogP contribution in [0.4, 0.5) is 0 Å². The van der Waals surface area contributed by atoms with Gasteiger partial charge in [0, 0.05) is 19.5 Å². The summed E-state index contributed by atoms with van der Waals surface area (Å²) in [4.78, 5) is 13.3. The maximum atomic E-state index is 13.3. The molecule has 0 amide bonds. The maximum Gasteiger partial charge on any atom is 0.145 e. The van der Waals surface area contributed by atoms with Crippen LogP contribution in [0.5, 0.6) is 0 Å². The van der Waals surface area contributed by atoms with E-state index in [-0.39, 0.29) is 5.41 Å². The first-order valence-electron chi connectivity index (χ1n) is 8.63. The van der Waals surface area contributed by atoms with E-state index in [0.29, 0.717) is 30.0 Å². The van der Waals surface area contributed by atoms with Crippen LogP contribution in [0, 0.1) is 23.2 Å². The minimum Gasteiger partial charge on any atom is -0.303 e. The van der Waals surface area contributed by atoms with Crippen molar-refractivity contribution in [2.24, 2.45) is 28.3 Å². The lowest BCUT2D eigenvalue weighted by Crippen LogP contribution is -2.50. The third kappa shape index (κ3) is 2.17. The topological polar surface area (TPSA) is 32.7 Å². The molecule has 0 saturated heterocycles. The summed E-state index contributed by atoms with van der Waals surface area (Å²) in [5.41, 5.74) is 1.88. The van der Waals surface area contributed by atoms with Crippen molar-refractivity contribution in [3.05, 3.63) is 48.0 Å². The molecule has 1 aromatic rings. The highest BCUT2D eigenvalue weighted by atomic mass is 16.1. The quantitative estimate of drug-likeness (QED) is 0.474. The fraction of sp³-hybridized carbons (Fsp3) is 0.500. The summed E-state index contributed by atoms with van der Waals surface area (Å²) in [6.07, 6.45) is 8.61. The highest BCUT2D eigenvalue weighted by molar-refractivity contribution is 6.12. The zero-order valence-corrected chi connectivity index (χ0v) is 13.9. The fourth-order valence-electron chi connectivity index (χ4n) is 5.02. The van der Waals surface area contributed by atoms with E-state index in [1.165, 1.54) is 12.8 Å². The van der Waals surface area contributed by atoms with Crippen molar-refractivity contribution < 1.29 is 4.79 Å². The van der Waals surface area contributed by atoms with Gasteiger partial charge in [-0.1, -0.05) is 42.5 Å². The monoisotopic (exact) mass is 308 g/mol. The largest absolute Gasteiger partial charge is 0.303 e. The van der Waals surface area contributed by atoms with Gasteiger partial charge in [0.25, 0.3) is 0 Å².